The Morgan fingerprint density at radius 2 is 2.38 bits per heavy atom. The van der Waals surface area contributed by atoms with Crippen LogP contribution in [0.3, 0.4) is 0 Å². The van der Waals surface area contributed by atoms with E-state index in [4.69, 9.17) is 20.8 Å². The summed E-state index contributed by atoms with van der Waals surface area (Å²) in [6.45, 7) is 2.11. The number of aromatic nitrogens is 1. The molecule has 0 amide bonds. The number of ether oxygens (including phenoxy) is 1. The molecule has 0 unspecified atom stereocenters. The maximum Gasteiger partial charge on any atom is 0.315 e. The summed E-state index contributed by atoms with van der Waals surface area (Å²) in [4.78, 5) is 15.4. The summed E-state index contributed by atoms with van der Waals surface area (Å²) < 4.78 is 10.2. The molecule has 0 aliphatic carbocycles. The fourth-order valence-electron chi connectivity index (χ4n) is 1.36. The normalized spacial score (nSPS) is 10.6. The van der Waals surface area contributed by atoms with E-state index in [1.807, 2.05) is 0 Å². The van der Waals surface area contributed by atoms with Gasteiger partial charge in [-0.15, -0.1) is 0 Å². The Morgan fingerprint density at radius 1 is 1.56 bits per heavy atom. The molecule has 0 bridgehead atoms. The monoisotopic (exact) mass is 239 g/mol. The highest BCUT2D eigenvalue weighted by Crippen LogP contribution is 2.20. The molecule has 1 heterocycles. The standard InChI is InChI=1S/C11H10ClNO3/c1-2-15-11(14)6-10-13-8-4-3-7(12)5-9(8)16-10/h3-5H,2,6H2,1H3. The molecule has 5 heteroatoms. The van der Waals surface area contributed by atoms with Crippen LogP contribution in [0.15, 0.2) is 22.6 Å². The molecular formula is C11H10ClNO3. The number of esters is 1. The second-order valence-electron chi connectivity index (χ2n) is 3.20. The summed E-state index contributed by atoms with van der Waals surface area (Å²) in [7, 11) is 0. The highest BCUT2D eigenvalue weighted by Gasteiger charge is 2.11. The number of carbonyl (C=O) groups is 1. The van der Waals surface area contributed by atoms with E-state index in [9.17, 15) is 4.79 Å². The summed E-state index contributed by atoms with van der Waals surface area (Å²) >= 11 is 5.80. The minimum Gasteiger partial charge on any atom is -0.466 e. The molecule has 0 atom stereocenters. The number of carbonyl (C=O) groups excluding carboxylic acids is 1. The van der Waals surface area contributed by atoms with Crippen molar-refractivity contribution in [2.24, 2.45) is 0 Å². The van der Waals surface area contributed by atoms with Gasteiger partial charge in [0, 0.05) is 11.1 Å². The van der Waals surface area contributed by atoms with Crippen molar-refractivity contribution >= 4 is 28.7 Å². The molecule has 0 saturated heterocycles. The van der Waals surface area contributed by atoms with Crippen LogP contribution in [0.1, 0.15) is 12.8 Å². The van der Waals surface area contributed by atoms with Crippen LogP contribution in [0.2, 0.25) is 5.02 Å². The highest BCUT2D eigenvalue weighted by molar-refractivity contribution is 6.31. The number of fused-ring (bicyclic) bond motifs is 1. The Bertz CT molecular complexity index is 521. The molecule has 0 radical (unpaired) electrons. The molecule has 0 N–H and O–H groups in total. The lowest BCUT2D eigenvalue weighted by Crippen LogP contribution is -2.07. The van der Waals surface area contributed by atoms with Gasteiger partial charge in [-0.05, 0) is 19.1 Å². The van der Waals surface area contributed by atoms with Gasteiger partial charge in [-0.25, -0.2) is 4.98 Å². The predicted molar refractivity (Wildman–Crippen MR) is 59.4 cm³/mol. The van der Waals surface area contributed by atoms with E-state index < -0.39 is 0 Å². The predicted octanol–water partition coefficient (Wildman–Crippen LogP) is 2.59. The van der Waals surface area contributed by atoms with Gasteiger partial charge in [0.2, 0.25) is 5.89 Å². The molecule has 1 aromatic heterocycles. The molecule has 0 fully saturated rings. The van der Waals surface area contributed by atoms with Gasteiger partial charge in [0.25, 0.3) is 0 Å². The summed E-state index contributed by atoms with van der Waals surface area (Å²) in [6.07, 6.45) is 0.0418. The average molecular weight is 240 g/mol. The van der Waals surface area contributed by atoms with Crippen LogP contribution in [-0.4, -0.2) is 17.6 Å². The lowest BCUT2D eigenvalue weighted by atomic mass is 10.3. The third kappa shape index (κ3) is 2.33. The minimum atomic E-state index is -0.347. The van der Waals surface area contributed by atoms with Gasteiger partial charge in [-0.1, -0.05) is 11.6 Å². The zero-order valence-electron chi connectivity index (χ0n) is 8.70. The van der Waals surface area contributed by atoms with Crippen molar-refractivity contribution in [1.82, 2.24) is 4.98 Å². The fraction of sp³-hybridized carbons (Fsp3) is 0.273. The maximum absolute atomic E-state index is 11.2. The van der Waals surface area contributed by atoms with Gasteiger partial charge < -0.3 is 9.15 Å². The first kappa shape index (κ1) is 11.0. The molecule has 1 aromatic carbocycles. The Morgan fingerprint density at radius 3 is 3.12 bits per heavy atom. The minimum absolute atomic E-state index is 0.0418. The Hall–Kier alpha value is -1.55. The van der Waals surface area contributed by atoms with E-state index in [1.165, 1.54) is 0 Å². The lowest BCUT2D eigenvalue weighted by Gasteiger charge is -1.96. The Balaban J connectivity index is 2.23. The van der Waals surface area contributed by atoms with Gasteiger partial charge in [-0.2, -0.15) is 0 Å². The molecule has 4 nitrogen and oxygen atoms in total. The van der Waals surface area contributed by atoms with Crippen molar-refractivity contribution in [2.75, 3.05) is 6.61 Å². The van der Waals surface area contributed by atoms with Crippen molar-refractivity contribution in [3.05, 3.63) is 29.1 Å². The van der Waals surface area contributed by atoms with Crippen molar-refractivity contribution in [2.45, 2.75) is 13.3 Å². The summed E-state index contributed by atoms with van der Waals surface area (Å²) in [5.41, 5.74) is 1.26. The van der Waals surface area contributed by atoms with Crippen molar-refractivity contribution < 1.29 is 13.9 Å². The van der Waals surface area contributed by atoms with Crippen LogP contribution >= 0.6 is 11.6 Å². The van der Waals surface area contributed by atoms with Gasteiger partial charge >= 0.3 is 5.97 Å². The van der Waals surface area contributed by atoms with Gasteiger partial charge in [0.05, 0.1) is 6.61 Å². The van der Waals surface area contributed by atoms with Crippen LogP contribution < -0.4 is 0 Å². The first-order valence-electron chi connectivity index (χ1n) is 4.89. The molecule has 16 heavy (non-hydrogen) atoms. The van der Waals surface area contributed by atoms with Crippen molar-refractivity contribution in [3.8, 4) is 0 Å². The summed E-state index contributed by atoms with van der Waals surface area (Å²) in [5, 5.41) is 0.575. The number of benzene rings is 1. The molecule has 0 aliphatic rings. The first-order valence-corrected chi connectivity index (χ1v) is 5.27. The summed E-state index contributed by atoms with van der Waals surface area (Å²) in [5.74, 6) is -0.00382. The van der Waals surface area contributed by atoms with Crippen LogP contribution in [0.5, 0.6) is 0 Å². The number of hydrogen-bond acceptors (Lipinski definition) is 4. The maximum atomic E-state index is 11.2. The van der Waals surface area contributed by atoms with E-state index in [-0.39, 0.29) is 12.4 Å². The van der Waals surface area contributed by atoms with Gasteiger partial charge in [0.15, 0.2) is 5.58 Å². The van der Waals surface area contributed by atoms with Crippen LogP contribution in [0.4, 0.5) is 0 Å². The third-order valence-electron chi connectivity index (χ3n) is 2.00. The van der Waals surface area contributed by atoms with E-state index in [0.29, 0.717) is 28.6 Å². The molecular weight excluding hydrogens is 230 g/mol. The van der Waals surface area contributed by atoms with E-state index in [1.54, 1.807) is 25.1 Å². The van der Waals surface area contributed by atoms with E-state index in [2.05, 4.69) is 4.98 Å². The quantitative estimate of drug-likeness (QED) is 0.773. The molecule has 0 saturated carbocycles. The van der Waals surface area contributed by atoms with Crippen molar-refractivity contribution in [1.29, 1.82) is 0 Å². The molecule has 2 rings (SSSR count). The number of hydrogen-bond donors (Lipinski definition) is 0. The first-order chi connectivity index (χ1) is 7.69. The van der Waals surface area contributed by atoms with Crippen LogP contribution in [-0.2, 0) is 16.0 Å². The highest BCUT2D eigenvalue weighted by atomic mass is 35.5. The fourth-order valence-corrected chi connectivity index (χ4v) is 1.52. The molecule has 2 aromatic rings. The van der Waals surface area contributed by atoms with Crippen LogP contribution in [0, 0.1) is 0 Å². The zero-order chi connectivity index (χ0) is 11.5. The van der Waals surface area contributed by atoms with Gasteiger partial charge in [-0.3, -0.25) is 4.79 Å². The average Bonchev–Trinajstić information content (AvgIpc) is 2.59. The largest absolute Gasteiger partial charge is 0.466 e. The number of nitrogens with zero attached hydrogens (tertiary/aromatic N) is 1. The SMILES string of the molecule is CCOC(=O)Cc1nc2ccc(Cl)cc2o1. The third-order valence-corrected chi connectivity index (χ3v) is 2.23. The second-order valence-corrected chi connectivity index (χ2v) is 3.64. The topological polar surface area (TPSA) is 52.3 Å². The van der Waals surface area contributed by atoms with Gasteiger partial charge in [0.1, 0.15) is 11.9 Å². The number of rotatable bonds is 3. The van der Waals surface area contributed by atoms with E-state index in [0.717, 1.165) is 0 Å². The Kier molecular flexibility index (Phi) is 3.10. The number of oxazole rings is 1. The van der Waals surface area contributed by atoms with Crippen molar-refractivity contribution in [3.63, 3.8) is 0 Å². The smallest absolute Gasteiger partial charge is 0.315 e. The van der Waals surface area contributed by atoms with E-state index >= 15 is 0 Å². The molecule has 0 spiro atoms. The molecule has 84 valence electrons. The Labute approximate surface area is 97.2 Å². The van der Waals surface area contributed by atoms with Crippen LogP contribution in [0.25, 0.3) is 11.1 Å². The molecule has 0 aliphatic heterocycles. The zero-order valence-corrected chi connectivity index (χ0v) is 9.45. The number of halogens is 1. The lowest BCUT2D eigenvalue weighted by molar-refractivity contribution is -0.142. The summed E-state index contributed by atoms with van der Waals surface area (Å²) in [6, 6.07) is 5.13. The second kappa shape index (κ2) is 4.53.